The molecule has 3 fully saturated rings. The molecule has 0 spiro atoms. The topological polar surface area (TPSA) is 21.7 Å². The second-order valence-electron chi connectivity index (χ2n) is 6.78. The van der Waals surface area contributed by atoms with Gasteiger partial charge in [0.05, 0.1) is 25.4 Å². The molecule has 3 aliphatic rings. The van der Waals surface area contributed by atoms with Gasteiger partial charge in [0, 0.05) is 19.1 Å². The van der Waals surface area contributed by atoms with E-state index in [1.807, 2.05) is 0 Å². The first-order valence-electron chi connectivity index (χ1n) is 8.91. The fourth-order valence-corrected chi connectivity index (χ4v) is 4.20. The quantitative estimate of drug-likeness (QED) is 0.738. The Morgan fingerprint density at radius 1 is 0.900 bits per heavy atom. The lowest BCUT2D eigenvalue weighted by molar-refractivity contribution is -0.0965. The van der Waals surface area contributed by atoms with Crippen LogP contribution in [0.15, 0.2) is 0 Å². The van der Waals surface area contributed by atoms with Crippen LogP contribution >= 0.6 is 0 Å². The zero-order valence-electron chi connectivity index (χ0n) is 12.9. The van der Waals surface area contributed by atoms with Gasteiger partial charge in [0.2, 0.25) is 0 Å². The van der Waals surface area contributed by atoms with Gasteiger partial charge in [-0.05, 0) is 25.7 Å². The van der Waals surface area contributed by atoms with Crippen LogP contribution in [-0.2, 0) is 9.47 Å². The van der Waals surface area contributed by atoms with Gasteiger partial charge >= 0.3 is 0 Å². The Bertz CT molecular complexity index is 274. The standard InChI is InChI=1S/C17H31NO2/c1-2-4-8-15(7-3-1)19-13-11-18-12-14-20-17-10-6-5-9-16(17)18/h15-17H,1-14H2/t16-,17-/m1/s1. The highest BCUT2D eigenvalue weighted by molar-refractivity contribution is 4.87. The van der Waals surface area contributed by atoms with Crippen molar-refractivity contribution in [2.45, 2.75) is 82.5 Å². The van der Waals surface area contributed by atoms with E-state index in [-0.39, 0.29) is 0 Å². The van der Waals surface area contributed by atoms with E-state index in [2.05, 4.69) is 4.90 Å². The first-order chi connectivity index (χ1) is 9.93. The Hall–Kier alpha value is -0.120. The summed E-state index contributed by atoms with van der Waals surface area (Å²) in [5.41, 5.74) is 0. The van der Waals surface area contributed by atoms with Crippen LogP contribution in [0.4, 0.5) is 0 Å². The number of morpholine rings is 1. The van der Waals surface area contributed by atoms with Crippen LogP contribution in [0.5, 0.6) is 0 Å². The molecule has 116 valence electrons. The molecule has 0 unspecified atom stereocenters. The van der Waals surface area contributed by atoms with Crippen LogP contribution in [0.2, 0.25) is 0 Å². The zero-order valence-corrected chi connectivity index (χ0v) is 12.9. The molecule has 1 saturated heterocycles. The Morgan fingerprint density at radius 2 is 1.65 bits per heavy atom. The molecule has 2 aliphatic carbocycles. The van der Waals surface area contributed by atoms with Crippen LogP contribution in [0.3, 0.4) is 0 Å². The van der Waals surface area contributed by atoms with E-state index in [1.54, 1.807) is 0 Å². The largest absolute Gasteiger partial charge is 0.377 e. The number of ether oxygens (including phenoxy) is 2. The van der Waals surface area contributed by atoms with E-state index in [1.165, 1.54) is 64.2 Å². The van der Waals surface area contributed by atoms with Crippen LogP contribution < -0.4 is 0 Å². The number of nitrogens with zero attached hydrogens (tertiary/aromatic N) is 1. The maximum Gasteiger partial charge on any atom is 0.0730 e. The lowest BCUT2D eigenvalue weighted by Crippen LogP contribution is -2.53. The maximum atomic E-state index is 6.16. The highest BCUT2D eigenvalue weighted by Crippen LogP contribution is 2.28. The Balaban J connectivity index is 1.40. The molecule has 2 saturated carbocycles. The molecule has 0 aromatic carbocycles. The van der Waals surface area contributed by atoms with Crippen LogP contribution in [0, 0.1) is 0 Å². The van der Waals surface area contributed by atoms with Gasteiger partial charge in [0.1, 0.15) is 0 Å². The number of hydrogen-bond acceptors (Lipinski definition) is 3. The van der Waals surface area contributed by atoms with Crippen molar-refractivity contribution < 1.29 is 9.47 Å². The molecule has 0 amide bonds. The minimum atomic E-state index is 0.510. The normalized spacial score (nSPS) is 33.6. The third kappa shape index (κ3) is 3.96. The van der Waals surface area contributed by atoms with Gasteiger partial charge in [-0.25, -0.2) is 0 Å². The molecule has 0 bridgehead atoms. The van der Waals surface area contributed by atoms with Gasteiger partial charge in [0.25, 0.3) is 0 Å². The summed E-state index contributed by atoms with van der Waals surface area (Å²) >= 11 is 0. The molecule has 0 aromatic rings. The summed E-state index contributed by atoms with van der Waals surface area (Å²) in [4.78, 5) is 2.64. The van der Waals surface area contributed by atoms with Gasteiger partial charge in [0.15, 0.2) is 0 Å². The van der Waals surface area contributed by atoms with Crippen molar-refractivity contribution in [3.63, 3.8) is 0 Å². The Labute approximate surface area is 124 Å². The van der Waals surface area contributed by atoms with E-state index < -0.39 is 0 Å². The Morgan fingerprint density at radius 3 is 2.50 bits per heavy atom. The van der Waals surface area contributed by atoms with Crippen LogP contribution in [0.1, 0.15) is 64.2 Å². The summed E-state index contributed by atoms with van der Waals surface area (Å²) in [5, 5.41) is 0. The minimum Gasteiger partial charge on any atom is -0.377 e. The summed E-state index contributed by atoms with van der Waals surface area (Å²) in [6.07, 6.45) is 14.5. The average Bonchev–Trinajstić information content (AvgIpc) is 2.76. The summed E-state index contributed by atoms with van der Waals surface area (Å²) < 4.78 is 12.1. The highest BCUT2D eigenvalue weighted by Gasteiger charge is 2.33. The first-order valence-corrected chi connectivity index (χ1v) is 8.91. The molecular weight excluding hydrogens is 250 g/mol. The van der Waals surface area contributed by atoms with Gasteiger partial charge in [-0.1, -0.05) is 38.5 Å². The molecule has 0 N–H and O–H groups in total. The third-order valence-corrected chi connectivity index (χ3v) is 5.38. The third-order valence-electron chi connectivity index (χ3n) is 5.38. The highest BCUT2D eigenvalue weighted by atomic mass is 16.5. The first kappa shape index (κ1) is 14.8. The smallest absolute Gasteiger partial charge is 0.0730 e. The van der Waals surface area contributed by atoms with E-state index in [0.717, 1.165) is 26.3 Å². The maximum absolute atomic E-state index is 6.16. The fourth-order valence-electron chi connectivity index (χ4n) is 4.20. The van der Waals surface area contributed by atoms with E-state index in [9.17, 15) is 0 Å². The predicted octanol–water partition coefficient (Wildman–Crippen LogP) is 3.37. The van der Waals surface area contributed by atoms with E-state index >= 15 is 0 Å². The van der Waals surface area contributed by atoms with Crippen molar-refractivity contribution in [3.05, 3.63) is 0 Å². The summed E-state index contributed by atoms with van der Waals surface area (Å²) in [5.74, 6) is 0. The van der Waals surface area contributed by atoms with Crippen molar-refractivity contribution >= 4 is 0 Å². The second kappa shape index (κ2) is 7.77. The summed E-state index contributed by atoms with van der Waals surface area (Å²) in [6.45, 7) is 4.06. The average molecular weight is 281 g/mol. The Kier molecular flexibility index (Phi) is 5.75. The molecule has 1 aliphatic heterocycles. The lowest BCUT2D eigenvalue weighted by atomic mass is 9.90. The van der Waals surface area contributed by atoms with Crippen molar-refractivity contribution in [1.82, 2.24) is 4.90 Å². The molecule has 20 heavy (non-hydrogen) atoms. The minimum absolute atomic E-state index is 0.510. The van der Waals surface area contributed by atoms with Gasteiger partial charge < -0.3 is 9.47 Å². The molecule has 0 aromatic heterocycles. The second-order valence-corrected chi connectivity index (χ2v) is 6.78. The number of hydrogen-bond donors (Lipinski definition) is 0. The monoisotopic (exact) mass is 281 g/mol. The predicted molar refractivity (Wildman–Crippen MR) is 81.0 cm³/mol. The van der Waals surface area contributed by atoms with Crippen LogP contribution in [0.25, 0.3) is 0 Å². The molecule has 1 heterocycles. The SMILES string of the molecule is C1CCCC(OCCN2CCO[C@@H]3CCCC[C@H]32)CC1. The summed E-state index contributed by atoms with van der Waals surface area (Å²) in [6, 6.07) is 0.676. The molecule has 2 atom stereocenters. The molecule has 3 rings (SSSR count). The summed E-state index contributed by atoms with van der Waals surface area (Å²) in [7, 11) is 0. The van der Waals surface area contributed by atoms with Crippen molar-refractivity contribution in [2.75, 3.05) is 26.3 Å². The lowest BCUT2D eigenvalue weighted by Gasteiger charge is -2.43. The van der Waals surface area contributed by atoms with Crippen molar-refractivity contribution in [2.24, 2.45) is 0 Å². The van der Waals surface area contributed by atoms with Crippen molar-refractivity contribution in [3.8, 4) is 0 Å². The van der Waals surface area contributed by atoms with Crippen LogP contribution in [-0.4, -0.2) is 49.5 Å². The number of rotatable bonds is 4. The molecule has 0 radical (unpaired) electrons. The van der Waals surface area contributed by atoms with Gasteiger partial charge in [-0.2, -0.15) is 0 Å². The van der Waals surface area contributed by atoms with E-state index in [4.69, 9.17) is 9.47 Å². The molecule has 3 heteroatoms. The fraction of sp³-hybridized carbons (Fsp3) is 1.00. The van der Waals surface area contributed by atoms with Gasteiger partial charge in [-0.15, -0.1) is 0 Å². The molecular formula is C17H31NO2. The molecule has 3 nitrogen and oxygen atoms in total. The van der Waals surface area contributed by atoms with Crippen molar-refractivity contribution in [1.29, 1.82) is 0 Å². The number of fused-ring (bicyclic) bond motifs is 1. The van der Waals surface area contributed by atoms with Gasteiger partial charge in [-0.3, -0.25) is 4.90 Å². The van der Waals surface area contributed by atoms with E-state index in [0.29, 0.717) is 18.2 Å². The zero-order chi connectivity index (χ0) is 13.6.